The zero-order chi connectivity index (χ0) is 19.0. The molecule has 2 aliphatic rings. The Morgan fingerprint density at radius 2 is 0.846 bits per heavy atom. The Labute approximate surface area is 160 Å². The third-order valence-corrected chi connectivity index (χ3v) is 9.72. The third-order valence-electron chi connectivity index (χ3n) is 5.68. The molecule has 0 unspecified atom stereocenters. The first-order chi connectivity index (χ1) is 12.0. The van der Waals surface area contributed by atoms with Crippen LogP contribution in [-0.4, -0.2) is 16.1 Å². The summed E-state index contributed by atoms with van der Waals surface area (Å²) in [6.45, 7) is 19.5. The van der Waals surface area contributed by atoms with E-state index in [1.807, 2.05) is 0 Å². The predicted molar refractivity (Wildman–Crippen MR) is 123 cm³/mol. The Balaban J connectivity index is 2.21. The Bertz CT molecular complexity index is 922. The molecule has 0 aliphatic heterocycles. The van der Waals surface area contributed by atoms with Crippen LogP contribution < -0.4 is 0 Å². The van der Waals surface area contributed by atoms with Crippen LogP contribution in [0.3, 0.4) is 0 Å². The summed E-state index contributed by atoms with van der Waals surface area (Å²) in [4.78, 5) is 0. The average molecular weight is 375 g/mol. The van der Waals surface area contributed by atoms with Crippen LogP contribution in [-0.2, 0) is 0 Å². The lowest BCUT2D eigenvalue weighted by atomic mass is 10.0. The summed E-state index contributed by atoms with van der Waals surface area (Å²) >= 11 is 0. The van der Waals surface area contributed by atoms with Crippen LogP contribution in [0.4, 0.5) is 0 Å². The van der Waals surface area contributed by atoms with Crippen LogP contribution in [0.5, 0.6) is 0 Å². The number of benzene rings is 2. The van der Waals surface area contributed by atoms with Crippen molar-refractivity contribution in [2.75, 3.05) is 0 Å². The predicted octanol–water partition coefficient (Wildman–Crippen LogP) is 7.21. The summed E-state index contributed by atoms with van der Waals surface area (Å²) in [6.07, 6.45) is 0. The van der Waals surface area contributed by atoms with Gasteiger partial charge in [0.25, 0.3) is 0 Å². The molecule has 0 atom stereocenters. The maximum absolute atomic E-state index is 2.50. The SMILES string of the molecule is Cc1ccc2c(c1)C([Si](C)(C)C)=C1C2=C([Si](C)(C)C)c2cc(C)ccc21. The molecule has 0 heterocycles. The minimum atomic E-state index is -1.49. The lowest BCUT2D eigenvalue weighted by molar-refractivity contribution is 1.43. The summed E-state index contributed by atoms with van der Waals surface area (Å²) in [7, 11) is -2.99. The van der Waals surface area contributed by atoms with Gasteiger partial charge < -0.3 is 0 Å². The van der Waals surface area contributed by atoms with Crippen molar-refractivity contribution in [3.8, 4) is 0 Å². The van der Waals surface area contributed by atoms with Crippen LogP contribution in [0.2, 0.25) is 39.3 Å². The minimum Gasteiger partial charge on any atom is -0.0656 e. The number of fused-ring (bicyclic) bond motifs is 5. The number of aryl methyl sites for hydroxylation is 2. The van der Waals surface area contributed by atoms with E-state index in [4.69, 9.17) is 0 Å². The van der Waals surface area contributed by atoms with E-state index in [0.29, 0.717) is 0 Å². The van der Waals surface area contributed by atoms with Crippen molar-refractivity contribution in [1.29, 1.82) is 0 Å². The Hall–Kier alpha value is -1.65. The van der Waals surface area contributed by atoms with E-state index in [9.17, 15) is 0 Å². The van der Waals surface area contributed by atoms with Crippen LogP contribution >= 0.6 is 0 Å². The fourth-order valence-corrected chi connectivity index (χ4v) is 8.83. The lowest BCUT2D eigenvalue weighted by Crippen LogP contribution is -2.23. The average Bonchev–Trinajstić information content (AvgIpc) is 2.96. The van der Waals surface area contributed by atoms with Crippen molar-refractivity contribution in [3.63, 3.8) is 0 Å². The molecule has 0 nitrogen and oxygen atoms in total. The molecule has 2 aliphatic carbocycles. The first kappa shape index (κ1) is 17.8. The van der Waals surface area contributed by atoms with Gasteiger partial charge in [-0.1, -0.05) is 86.8 Å². The first-order valence-corrected chi connectivity index (χ1v) is 16.7. The minimum absolute atomic E-state index is 1.37. The largest absolute Gasteiger partial charge is 0.0792 e. The van der Waals surface area contributed by atoms with Gasteiger partial charge in [-0.05, 0) is 57.6 Å². The van der Waals surface area contributed by atoms with E-state index in [-0.39, 0.29) is 0 Å². The second kappa shape index (κ2) is 5.43. The van der Waals surface area contributed by atoms with Crippen LogP contribution in [0.25, 0.3) is 21.5 Å². The fourth-order valence-electron chi connectivity index (χ4n) is 4.78. The van der Waals surface area contributed by atoms with Gasteiger partial charge in [0.1, 0.15) is 0 Å². The summed E-state index contributed by atoms with van der Waals surface area (Å²) in [5.41, 5.74) is 11.9. The molecule has 0 amide bonds. The highest BCUT2D eigenvalue weighted by atomic mass is 28.3. The fraction of sp³-hybridized carbons (Fsp3) is 0.333. The van der Waals surface area contributed by atoms with Gasteiger partial charge in [-0.15, -0.1) is 0 Å². The molecule has 0 aromatic heterocycles. The topological polar surface area (TPSA) is 0 Å². The number of hydrogen-bond acceptors (Lipinski definition) is 0. The summed E-state index contributed by atoms with van der Waals surface area (Å²) in [6, 6.07) is 14.3. The smallest absolute Gasteiger partial charge is 0.0656 e. The van der Waals surface area contributed by atoms with Crippen molar-refractivity contribution in [1.82, 2.24) is 0 Å². The van der Waals surface area contributed by atoms with E-state index >= 15 is 0 Å². The van der Waals surface area contributed by atoms with E-state index < -0.39 is 16.1 Å². The molecule has 26 heavy (non-hydrogen) atoms. The molecule has 4 rings (SSSR count). The maximum Gasteiger partial charge on any atom is 0.0792 e. The number of allylic oxidation sites excluding steroid dienone is 2. The zero-order valence-corrected chi connectivity index (χ0v) is 19.5. The van der Waals surface area contributed by atoms with Gasteiger partial charge in [-0.3, -0.25) is 0 Å². The van der Waals surface area contributed by atoms with Gasteiger partial charge in [0.2, 0.25) is 0 Å². The Kier molecular flexibility index (Phi) is 3.71. The molecule has 134 valence electrons. The number of rotatable bonds is 2. The highest BCUT2D eigenvalue weighted by Crippen LogP contribution is 2.59. The van der Waals surface area contributed by atoms with Crippen molar-refractivity contribution >= 4 is 37.7 Å². The monoisotopic (exact) mass is 374 g/mol. The van der Waals surface area contributed by atoms with Crippen LogP contribution in [0, 0.1) is 13.8 Å². The quantitative estimate of drug-likeness (QED) is 0.487. The molecule has 0 radical (unpaired) electrons. The summed E-state index contributed by atoms with van der Waals surface area (Å²) in [5.74, 6) is 0. The van der Waals surface area contributed by atoms with Crippen molar-refractivity contribution < 1.29 is 0 Å². The molecule has 0 fully saturated rings. The van der Waals surface area contributed by atoms with Crippen molar-refractivity contribution in [2.24, 2.45) is 0 Å². The van der Waals surface area contributed by atoms with E-state index in [1.54, 1.807) is 21.5 Å². The molecule has 0 N–H and O–H groups in total. The molecule has 2 aromatic carbocycles. The van der Waals surface area contributed by atoms with Gasteiger partial charge >= 0.3 is 0 Å². The molecule has 0 bridgehead atoms. The van der Waals surface area contributed by atoms with Gasteiger partial charge in [0.05, 0.1) is 16.1 Å². The van der Waals surface area contributed by atoms with Gasteiger partial charge in [0, 0.05) is 0 Å². The maximum atomic E-state index is 2.50. The van der Waals surface area contributed by atoms with Gasteiger partial charge in [0.15, 0.2) is 0 Å². The van der Waals surface area contributed by atoms with E-state index in [0.717, 1.165) is 0 Å². The first-order valence-electron chi connectivity index (χ1n) is 9.73. The highest BCUT2D eigenvalue weighted by Gasteiger charge is 2.43. The van der Waals surface area contributed by atoms with Gasteiger partial charge in [-0.2, -0.15) is 0 Å². The molecular formula is C24H30Si2. The third kappa shape index (κ3) is 2.46. The summed E-state index contributed by atoms with van der Waals surface area (Å²) < 4.78 is 0. The Morgan fingerprint density at radius 3 is 1.15 bits per heavy atom. The summed E-state index contributed by atoms with van der Waals surface area (Å²) in [5, 5.41) is 3.34. The molecule has 2 heteroatoms. The van der Waals surface area contributed by atoms with Gasteiger partial charge in [-0.25, -0.2) is 0 Å². The molecule has 0 saturated carbocycles. The standard InChI is InChI=1S/C24H30Si2/c1-15-9-11-17-19(13-15)23(25(3,4)5)22-18-12-10-16(2)14-20(18)24(21(17)22)26(6,7)8/h9-14H,1-8H3. The molecule has 2 aromatic rings. The molecule has 0 saturated heterocycles. The zero-order valence-electron chi connectivity index (χ0n) is 17.5. The normalized spacial score (nSPS) is 16.2. The van der Waals surface area contributed by atoms with Crippen LogP contribution in [0.1, 0.15) is 33.4 Å². The molecular weight excluding hydrogens is 344 g/mol. The lowest BCUT2D eigenvalue weighted by Gasteiger charge is -2.23. The Morgan fingerprint density at radius 1 is 0.500 bits per heavy atom. The van der Waals surface area contributed by atoms with Crippen LogP contribution in [0.15, 0.2) is 36.4 Å². The second-order valence-electron chi connectivity index (χ2n) is 10.1. The van der Waals surface area contributed by atoms with E-state index in [1.165, 1.54) is 33.4 Å². The van der Waals surface area contributed by atoms with Crippen molar-refractivity contribution in [2.45, 2.75) is 53.1 Å². The molecule has 0 spiro atoms. The highest BCUT2D eigenvalue weighted by molar-refractivity contribution is 6.99. The van der Waals surface area contributed by atoms with Crippen molar-refractivity contribution in [3.05, 3.63) is 69.8 Å². The van der Waals surface area contributed by atoms with E-state index in [2.05, 4.69) is 89.5 Å². The number of hydrogen-bond donors (Lipinski definition) is 0. The second-order valence-corrected chi connectivity index (χ2v) is 20.1.